The minimum Gasteiger partial charge on any atom is -0.398 e. The summed E-state index contributed by atoms with van der Waals surface area (Å²) < 4.78 is 0. The third-order valence-electron chi connectivity index (χ3n) is 1.50. The number of hydrogen-bond acceptors (Lipinski definition) is 3. The molecule has 0 aliphatic carbocycles. The van der Waals surface area contributed by atoms with Crippen molar-refractivity contribution in [3.63, 3.8) is 0 Å². The molecule has 1 rings (SSSR count). The summed E-state index contributed by atoms with van der Waals surface area (Å²) in [6.07, 6.45) is 1.50. The molecule has 0 fully saturated rings. The van der Waals surface area contributed by atoms with E-state index < -0.39 is 0 Å². The molecule has 0 saturated heterocycles. The van der Waals surface area contributed by atoms with Crippen molar-refractivity contribution < 1.29 is 4.79 Å². The zero-order valence-corrected chi connectivity index (χ0v) is 7.32. The number of hydrogen-bond donors (Lipinski definition) is 2. The molecule has 0 bridgehead atoms. The molecule has 0 heterocycles. The highest BCUT2D eigenvalue weighted by atomic mass is 16.2. The summed E-state index contributed by atoms with van der Waals surface area (Å²) >= 11 is 0. The molecule has 0 atom stereocenters. The number of nitrogens with one attached hydrogen (secondary N) is 1. The minimum atomic E-state index is -0.295. The maximum atomic E-state index is 11.3. The lowest BCUT2D eigenvalue weighted by Gasteiger charge is -2.01. The number of hydrazone groups is 1. The summed E-state index contributed by atoms with van der Waals surface area (Å²) in [6.45, 7) is 1.72. The van der Waals surface area contributed by atoms with Gasteiger partial charge in [0.1, 0.15) is 0 Å². The van der Waals surface area contributed by atoms with Crippen molar-refractivity contribution in [3.8, 4) is 0 Å². The molecular formula is C9H11N3O. The highest BCUT2D eigenvalue weighted by molar-refractivity contribution is 5.99. The van der Waals surface area contributed by atoms with Crippen molar-refractivity contribution in [2.75, 3.05) is 5.73 Å². The van der Waals surface area contributed by atoms with Gasteiger partial charge < -0.3 is 5.73 Å². The number of nitrogen functional groups attached to an aromatic ring is 1. The van der Waals surface area contributed by atoms with E-state index in [4.69, 9.17) is 5.73 Å². The van der Waals surface area contributed by atoms with Crippen LogP contribution in [0, 0.1) is 0 Å². The lowest BCUT2D eigenvalue weighted by atomic mass is 10.2. The second-order valence-electron chi connectivity index (χ2n) is 2.42. The molecule has 0 aliphatic heterocycles. The molecule has 0 saturated carbocycles. The van der Waals surface area contributed by atoms with Gasteiger partial charge in [-0.3, -0.25) is 4.79 Å². The van der Waals surface area contributed by atoms with Crippen molar-refractivity contribution in [2.45, 2.75) is 6.92 Å². The van der Waals surface area contributed by atoms with E-state index in [1.165, 1.54) is 6.21 Å². The Labute approximate surface area is 76.4 Å². The van der Waals surface area contributed by atoms with Crippen molar-refractivity contribution >= 4 is 17.8 Å². The quantitative estimate of drug-likeness (QED) is 0.402. The highest BCUT2D eigenvalue weighted by Crippen LogP contribution is 2.09. The first-order chi connectivity index (χ1) is 6.25. The number of amides is 1. The molecule has 3 N–H and O–H groups in total. The highest BCUT2D eigenvalue weighted by Gasteiger charge is 2.06. The van der Waals surface area contributed by atoms with Gasteiger partial charge in [-0.15, -0.1) is 0 Å². The van der Waals surface area contributed by atoms with E-state index in [1.54, 1.807) is 31.2 Å². The second kappa shape index (κ2) is 4.25. The van der Waals surface area contributed by atoms with Gasteiger partial charge in [0, 0.05) is 11.9 Å². The topological polar surface area (TPSA) is 67.5 Å². The van der Waals surface area contributed by atoms with Crippen molar-refractivity contribution in [3.05, 3.63) is 29.8 Å². The molecule has 1 aromatic rings. The van der Waals surface area contributed by atoms with Gasteiger partial charge in [-0.05, 0) is 19.1 Å². The van der Waals surface area contributed by atoms with Crippen molar-refractivity contribution in [2.24, 2.45) is 5.10 Å². The number of anilines is 1. The first kappa shape index (κ1) is 9.25. The lowest BCUT2D eigenvalue weighted by Crippen LogP contribution is -2.18. The SMILES string of the molecule is CC=NNC(=O)c1ccccc1N. The van der Waals surface area contributed by atoms with Gasteiger partial charge in [-0.25, -0.2) is 5.43 Å². The number of nitrogens with two attached hydrogens (primary N) is 1. The third-order valence-corrected chi connectivity index (χ3v) is 1.50. The fourth-order valence-corrected chi connectivity index (χ4v) is 0.887. The molecular weight excluding hydrogens is 166 g/mol. The van der Waals surface area contributed by atoms with Crippen LogP contribution in [0.3, 0.4) is 0 Å². The molecule has 0 unspecified atom stereocenters. The molecule has 0 aliphatic rings. The Bertz CT molecular complexity index is 333. The van der Waals surface area contributed by atoms with E-state index in [9.17, 15) is 4.79 Å². The Kier molecular flexibility index (Phi) is 3.03. The number of carbonyl (C=O) groups excluding carboxylic acids is 1. The Balaban J connectivity index is 2.83. The Hall–Kier alpha value is -1.84. The summed E-state index contributed by atoms with van der Waals surface area (Å²) in [6, 6.07) is 6.84. The van der Waals surface area contributed by atoms with Crippen LogP contribution in [0.5, 0.6) is 0 Å². The molecule has 4 heteroatoms. The molecule has 4 nitrogen and oxygen atoms in total. The predicted octanol–water partition coefficient (Wildman–Crippen LogP) is 1.00. The molecule has 13 heavy (non-hydrogen) atoms. The first-order valence-corrected chi connectivity index (χ1v) is 3.88. The van der Waals surface area contributed by atoms with Crippen LogP contribution in [0.1, 0.15) is 17.3 Å². The van der Waals surface area contributed by atoms with Crippen molar-refractivity contribution in [1.29, 1.82) is 0 Å². The monoisotopic (exact) mass is 177 g/mol. The number of carbonyl (C=O) groups is 1. The van der Waals surface area contributed by atoms with E-state index in [0.717, 1.165) is 0 Å². The molecule has 1 amide bonds. The smallest absolute Gasteiger partial charge is 0.273 e. The van der Waals surface area contributed by atoms with Crippen LogP contribution in [0.4, 0.5) is 5.69 Å². The van der Waals surface area contributed by atoms with Crippen LogP contribution in [-0.2, 0) is 0 Å². The van der Waals surface area contributed by atoms with E-state index in [1.807, 2.05) is 0 Å². The largest absolute Gasteiger partial charge is 0.398 e. The number of para-hydroxylation sites is 1. The van der Waals surface area contributed by atoms with Crippen LogP contribution in [0.25, 0.3) is 0 Å². The van der Waals surface area contributed by atoms with Gasteiger partial charge in [0.2, 0.25) is 0 Å². The standard InChI is InChI=1S/C9H11N3O/c1-2-11-12-9(13)7-5-3-4-6-8(7)10/h2-6H,10H2,1H3,(H,12,13). The van der Waals surface area contributed by atoms with Crippen molar-refractivity contribution in [1.82, 2.24) is 5.43 Å². The molecule has 68 valence electrons. The average molecular weight is 177 g/mol. The van der Waals surface area contributed by atoms with Crippen LogP contribution >= 0.6 is 0 Å². The number of rotatable bonds is 2. The van der Waals surface area contributed by atoms with Crippen LogP contribution in [0.15, 0.2) is 29.4 Å². The normalized spacial score (nSPS) is 10.2. The summed E-state index contributed by atoms with van der Waals surface area (Å²) in [5.74, 6) is -0.295. The summed E-state index contributed by atoms with van der Waals surface area (Å²) in [5, 5.41) is 3.61. The summed E-state index contributed by atoms with van der Waals surface area (Å²) in [7, 11) is 0. The van der Waals surface area contributed by atoms with Gasteiger partial charge in [0.25, 0.3) is 5.91 Å². The Morgan fingerprint density at radius 1 is 1.54 bits per heavy atom. The maximum absolute atomic E-state index is 11.3. The Morgan fingerprint density at radius 2 is 2.23 bits per heavy atom. The predicted molar refractivity (Wildman–Crippen MR) is 52.5 cm³/mol. The second-order valence-corrected chi connectivity index (χ2v) is 2.42. The molecule has 0 spiro atoms. The van der Waals surface area contributed by atoms with Crippen LogP contribution in [-0.4, -0.2) is 12.1 Å². The van der Waals surface area contributed by atoms with E-state index in [-0.39, 0.29) is 5.91 Å². The Morgan fingerprint density at radius 3 is 2.85 bits per heavy atom. The van der Waals surface area contributed by atoms with Crippen LogP contribution in [0.2, 0.25) is 0 Å². The summed E-state index contributed by atoms with van der Waals surface area (Å²) in [5.41, 5.74) is 8.81. The lowest BCUT2D eigenvalue weighted by molar-refractivity contribution is 0.0956. The molecule has 0 radical (unpaired) electrons. The third kappa shape index (κ3) is 2.30. The average Bonchev–Trinajstić information content (AvgIpc) is 2.15. The van der Waals surface area contributed by atoms with E-state index >= 15 is 0 Å². The maximum Gasteiger partial charge on any atom is 0.273 e. The zero-order chi connectivity index (χ0) is 9.68. The van der Waals surface area contributed by atoms with Gasteiger partial charge in [-0.1, -0.05) is 12.1 Å². The fourth-order valence-electron chi connectivity index (χ4n) is 0.887. The van der Waals surface area contributed by atoms with Gasteiger partial charge in [0.15, 0.2) is 0 Å². The van der Waals surface area contributed by atoms with E-state index in [0.29, 0.717) is 11.3 Å². The zero-order valence-electron chi connectivity index (χ0n) is 7.32. The molecule has 1 aromatic carbocycles. The molecule has 0 aromatic heterocycles. The number of nitrogens with zero attached hydrogens (tertiary/aromatic N) is 1. The fraction of sp³-hybridized carbons (Fsp3) is 0.111. The number of benzene rings is 1. The van der Waals surface area contributed by atoms with Crippen LogP contribution < -0.4 is 11.2 Å². The minimum absolute atomic E-state index is 0.295. The summed E-state index contributed by atoms with van der Waals surface area (Å²) in [4.78, 5) is 11.3. The van der Waals surface area contributed by atoms with Gasteiger partial charge in [-0.2, -0.15) is 5.10 Å². The van der Waals surface area contributed by atoms with Gasteiger partial charge >= 0.3 is 0 Å². The first-order valence-electron chi connectivity index (χ1n) is 3.88. The van der Waals surface area contributed by atoms with Gasteiger partial charge in [0.05, 0.1) is 5.56 Å². The van der Waals surface area contributed by atoms with E-state index in [2.05, 4.69) is 10.5 Å².